The van der Waals surface area contributed by atoms with E-state index in [9.17, 15) is 4.79 Å². The summed E-state index contributed by atoms with van der Waals surface area (Å²) in [6.45, 7) is 4.12. The molecule has 0 spiro atoms. The highest BCUT2D eigenvalue weighted by molar-refractivity contribution is 7.71. The zero-order chi connectivity index (χ0) is 16.4. The maximum absolute atomic E-state index is 12.4. The van der Waals surface area contributed by atoms with Crippen molar-refractivity contribution in [3.05, 3.63) is 28.6 Å². The van der Waals surface area contributed by atoms with Crippen molar-refractivity contribution in [2.75, 3.05) is 0 Å². The second kappa shape index (κ2) is 6.84. The van der Waals surface area contributed by atoms with Crippen molar-refractivity contribution in [3.8, 4) is 0 Å². The molecule has 1 aliphatic carbocycles. The van der Waals surface area contributed by atoms with Crippen molar-refractivity contribution in [1.82, 2.24) is 10.3 Å². The number of carbonyl (C=O) groups is 1. The van der Waals surface area contributed by atoms with Crippen molar-refractivity contribution in [3.63, 3.8) is 0 Å². The lowest BCUT2D eigenvalue weighted by atomic mass is 9.92. The molecule has 1 aromatic carbocycles. The summed E-state index contributed by atoms with van der Waals surface area (Å²) in [5.74, 6) is -0.0672. The number of nitrogens with one attached hydrogen (secondary N) is 2. The van der Waals surface area contributed by atoms with E-state index in [1.54, 1.807) is 12.1 Å². The third-order valence-electron chi connectivity index (χ3n) is 4.16. The second-order valence-corrected chi connectivity index (χ2v) is 6.73. The lowest BCUT2D eigenvalue weighted by Crippen LogP contribution is -2.39. The number of fused-ring (bicyclic) bond motifs is 1. The van der Waals surface area contributed by atoms with Gasteiger partial charge in [-0.05, 0) is 69.9 Å². The van der Waals surface area contributed by atoms with Crippen LogP contribution in [0.15, 0.2) is 22.6 Å². The molecule has 1 heterocycles. The van der Waals surface area contributed by atoms with E-state index in [1.165, 1.54) is 0 Å². The van der Waals surface area contributed by atoms with Crippen LogP contribution < -0.4 is 5.32 Å². The van der Waals surface area contributed by atoms with E-state index >= 15 is 0 Å². The topological polar surface area (TPSA) is 67.3 Å². The number of carbonyl (C=O) groups excluding carboxylic acids is 1. The fourth-order valence-corrected chi connectivity index (χ4v) is 3.28. The van der Waals surface area contributed by atoms with Crippen LogP contribution in [0.2, 0.25) is 0 Å². The summed E-state index contributed by atoms with van der Waals surface area (Å²) in [6, 6.07) is 5.54. The maximum Gasteiger partial charge on any atom is 0.266 e. The van der Waals surface area contributed by atoms with Gasteiger partial charge in [0.15, 0.2) is 5.58 Å². The van der Waals surface area contributed by atoms with Gasteiger partial charge in [-0.15, -0.1) is 0 Å². The number of amides is 1. The van der Waals surface area contributed by atoms with Gasteiger partial charge < -0.3 is 19.5 Å². The summed E-state index contributed by atoms with van der Waals surface area (Å²) in [7, 11) is 0. The Morgan fingerprint density at radius 3 is 2.78 bits per heavy atom. The molecule has 2 aromatic rings. The number of aromatic nitrogens is 1. The Morgan fingerprint density at radius 1 is 1.35 bits per heavy atom. The van der Waals surface area contributed by atoms with E-state index in [-0.39, 0.29) is 18.1 Å². The molecule has 1 aliphatic rings. The van der Waals surface area contributed by atoms with Gasteiger partial charge in [0.25, 0.3) is 10.7 Å². The molecule has 1 saturated carbocycles. The number of hydrogen-bond donors (Lipinski definition) is 2. The molecule has 3 rings (SSSR count). The van der Waals surface area contributed by atoms with Crippen molar-refractivity contribution in [1.29, 1.82) is 0 Å². The number of benzene rings is 1. The summed E-state index contributed by atoms with van der Waals surface area (Å²) >= 11 is 4.96. The summed E-state index contributed by atoms with van der Waals surface area (Å²) in [5.41, 5.74) is 2.00. The van der Waals surface area contributed by atoms with Crippen LogP contribution in [-0.4, -0.2) is 29.1 Å². The Bertz CT molecular complexity index is 742. The highest BCUT2D eigenvalue weighted by atomic mass is 32.1. The average Bonchev–Trinajstić information content (AvgIpc) is 2.87. The van der Waals surface area contributed by atoms with Crippen molar-refractivity contribution in [2.45, 2.75) is 57.8 Å². The predicted molar refractivity (Wildman–Crippen MR) is 91.1 cm³/mol. The molecule has 0 bridgehead atoms. The van der Waals surface area contributed by atoms with E-state index in [4.69, 9.17) is 21.4 Å². The smallest absolute Gasteiger partial charge is 0.266 e. The molecule has 0 atom stereocenters. The first-order valence-electron chi connectivity index (χ1n) is 8.10. The van der Waals surface area contributed by atoms with Gasteiger partial charge in [0, 0.05) is 11.6 Å². The Balaban J connectivity index is 1.59. The molecule has 0 aliphatic heterocycles. The Kier molecular flexibility index (Phi) is 4.82. The number of ether oxygens (including phenoxy) is 1. The molecule has 1 amide bonds. The van der Waals surface area contributed by atoms with Gasteiger partial charge in [-0.1, -0.05) is 0 Å². The minimum atomic E-state index is -0.0672. The van der Waals surface area contributed by atoms with Gasteiger partial charge in [0.1, 0.15) is 0 Å². The Labute approximate surface area is 140 Å². The Hall–Kier alpha value is -1.66. The molecule has 1 fully saturated rings. The van der Waals surface area contributed by atoms with Gasteiger partial charge in [0.2, 0.25) is 0 Å². The summed E-state index contributed by atoms with van der Waals surface area (Å²) in [5, 5.41) is 3.11. The number of aromatic amines is 1. The van der Waals surface area contributed by atoms with Gasteiger partial charge in [-0.2, -0.15) is 0 Å². The van der Waals surface area contributed by atoms with Crippen LogP contribution in [0.4, 0.5) is 0 Å². The van der Waals surface area contributed by atoms with Gasteiger partial charge >= 0.3 is 0 Å². The first-order chi connectivity index (χ1) is 11.0. The molecule has 0 unspecified atom stereocenters. The molecule has 6 heteroatoms. The van der Waals surface area contributed by atoms with Crippen molar-refractivity contribution >= 4 is 29.2 Å². The standard InChI is InChI=1S/C17H22N2O3S/c1-10(2)21-13-6-4-12(5-7-13)18-16(20)11-3-8-14-15(9-11)22-17(23)19-14/h3,8-10,12-13H,4-7H2,1-2H3,(H,18,20)(H,19,23). The highest BCUT2D eigenvalue weighted by Gasteiger charge is 2.24. The van der Waals surface area contributed by atoms with Crippen molar-refractivity contribution in [2.24, 2.45) is 0 Å². The minimum Gasteiger partial charge on any atom is -0.429 e. The van der Waals surface area contributed by atoms with Crippen LogP contribution in [0.1, 0.15) is 49.9 Å². The lowest BCUT2D eigenvalue weighted by Gasteiger charge is -2.30. The molecule has 0 saturated heterocycles. The van der Waals surface area contributed by atoms with Gasteiger partial charge in [-0.25, -0.2) is 0 Å². The largest absolute Gasteiger partial charge is 0.429 e. The molecule has 23 heavy (non-hydrogen) atoms. The van der Waals surface area contributed by atoms with Crippen molar-refractivity contribution < 1.29 is 13.9 Å². The maximum atomic E-state index is 12.4. The molecule has 2 N–H and O–H groups in total. The van der Waals surface area contributed by atoms with Gasteiger partial charge in [0.05, 0.1) is 17.7 Å². The van der Waals surface area contributed by atoms with Gasteiger partial charge in [-0.3, -0.25) is 4.79 Å². The minimum absolute atomic E-state index is 0.0672. The fraction of sp³-hybridized carbons (Fsp3) is 0.529. The summed E-state index contributed by atoms with van der Waals surface area (Å²) in [6.07, 6.45) is 4.48. The Morgan fingerprint density at radius 2 is 2.09 bits per heavy atom. The molecular formula is C17H22N2O3S. The normalized spacial score (nSPS) is 21.7. The van der Waals surface area contributed by atoms with Crippen LogP contribution in [0.25, 0.3) is 11.1 Å². The number of rotatable bonds is 4. The van der Waals surface area contributed by atoms with Crippen LogP contribution in [0.3, 0.4) is 0 Å². The lowest BCUT2D eigenvalue weighted by molar-refractivity contribution is -0.0159. The zero-order valence-corrected chi connectivity index (χ0v) is 14.2. The van der Waals surface area contributed by atoms with E-state index < -0.39 is 0 Å². The molecular weight excluding hydrogens is 312 g/mol. The van der Waals surface area contributed by atoms with Crippen LogP contribution in [0, 0.1) is 4.84 Å². The fourth-order valence-electron chi connectivity index (χ4n) is 3.08. The highest BCUT2D eigenvalue weighted by Crippen LogP contribution is 2.23. The van der Waals surface area contributed by atoms with Crippen LogP contribution >= 0.6 is 12.2 Å². The zero-order valence-electron chi connectivity index (χ0n) is 13.4. The quantitative estimate of drug-likeness (QED) is 0.831. The average molecular weight is 334 g/mol. The number of H-pyrrole nitrogens is 1. The molecule has 5 nitrogen and oxygen atoms in total. The van der Waals surface area contributed by atoms with E-state index in [0.717, 1.165) is 31.2 Å². The summed E-state index contributed by atoms with van der Waals surface area (Å²) in [4.78, 5) is 15.7. The predicted octanol–water partition coefficient (Wildman–Crippen LogP) is 3.96. The second-order valence-electron chi connectivity index (χ2n) is 6.36. The third kappa shape index (κ3) is 4.00. The van der Waals surface area contributed by atoms with E-state index in [0.29, 0.717) is 22.1 Å². The number of hydrogen-bond acceptors (Lipinski definition) is 4. The summed E-state index contributed by atoms with van der Waals surface area (Å²) < 4.78 is 11.2. The van der Waals surface area contributed by atoms with Crippen LogP contribution in [0.5, 0.6) is 0 Å². The van der Waals surface area contributed by atoms with Crippen LogP contribution in [-0.2, 0) is 4.74 Å². The molecule has 1 aromatic heterocycles. The monoisotopic (exact) mass is 334 g/mol. The SMILES string of the molecule is CC(C)OC1CCC(NC(=O)c2ccc3[nH]c(=S)oc3c2)CC1. The first kappa shape index (κ1) is 16.2. The van der Waals surface area contributed by atoms with E-state index in [1.807, 2.05) is 6.07 Å². The van der Waals surface area contributed by atoms with E-state index in [2.05, 4.69) is 24.1 Å². The molecule has 124 valence electrons. The number of oxazole rings is 1. The third-order valence-corrected chi connectivity index (χ3v) is 4.34. The first-order valence-corrected chi connectivity index (χ1v) is 8.51. The molecule has 0 radical (unpaired) electrons.